The Balaban J connectivity index is 2.20. The second kappa shape index (κ2) is 5.82. The van der Waals surface area contributed by atoms with Crippen molar-refractivity contribution < 1.29 is 39.3 Å². The molecule has 0 saturated heterocycles. The summed E-state index contributed by atoms with van der Waals surface area (Å²) in [7, 11) is -4.68. The first kappa shape index (κ1) is 16.7. The summed E-state index contributed by atoms with van der Waals surface area (Å²) >= 11 is 0. The summed E-state index contributed by atoms with van der Waals surface area (Å²) in [4.78, 5) is 11.4. The van der Waals surface area contributed by atoms with E-state index in [1.54, 1.807) is 0 Å². The average molecular weight is 344 g/mol. The van der Waals surface area contributed by atoms with Crippen LogP contribution in [0.4, 0.5) is 22.0 Å². The predicted molar refractivity (Wildman–Crippen MR) is 63.0 cm³/mol. The van der Waals surface area contributed by atoms with Gasteiger partial charge in [-0.15, -0.1) is 0 Å². The summed E-state index contributed by atoms with van der Waals surface area (Å²) < 4.78 is 92.2. The van der Waals surface area contributed by atoms with Crippen molar-refractivity contribution in [3.63, 3.8) is 0 Å². The van der Waals surface area contributed by atoms with Crippen LogP contribution >= 0.6 is 0 Å². The molecule has 0 aliphatic heterocycles. The minimum atomic E-state index is -4.68. The largest absolute Gasteiger partial charge is 0.376 e. The van der Waals surface area contributed by atoms with Crippen LogP contribution in [0.15, 0.2) is 0 Å². The van der Waals surface area contributed by atoms with Crippen molar-refractivity contribution in [1.82, 2.24) is 0 Å². The van der Waals surface area contributed by atoms with Crippen LogP contribution in [0.5, 0.6) is 5.75 Å². The van der Waals surface area contributed by atoms with E-state index in [1.165, 1.54) is 0 Å². The number of rotatable bonds is 6. The molecule has 4 nitrogen and oxygen atoms in total. The molecule has 1 aliphatic carbocycles. The smallest absolute Gasteiger partial charge is 0.309 e. The first-order chi connectivity index (χ1) is 10.1. The van der Waals surface area contributed by atoms with Gasteiger partial charge in [-0.1, -0.05) is 0 Å². The molecular formula is C12H9F5O4S. The molecular weight excluding hydrogens is 335 g/mol. The van der Waals surface area contributed by atoms with E-state index < -0.39 is 57.1 Å². The number of Topliss-reactive ketones (excluding diaryl/α,β-unsaturated/α-hetero) is 1. The quantitative estimate of drug-likeness (QED) is 0.344. The normalized spacial score (nSPS) is 15.0. The maximum absolute atomic E-state index is 13.3. The summed E-state index contributed by atoms with van der Waals surface area (Å²) in [6.07, 6.45) is 0.817. The van der Waals surface area contributed by atoms with Crippen molar-refractivity contribution in [2.75, 3.05) is 5.75 Å². The Labute approximate surface area is 122 Å². The molecule has 0 heterocycles. The molecule has 0 bridgehead atoms. The van der Waals surface area contributed by atoms with E-state index in [9.17, 15) is 35.2 Å². The lowest BCUT2D eigenvalue weighted by Crippen LogP contribution is -2.19. The molecule has 0 unspecified atom stereocenters. The van der Waals surface area contributed by atoms with Crippen LogP contribution in [0.25, 0.3) is 0 Å². The van der Waals surface area contributed by atoms with Gasteiger partial charge in [-0.3, -0.25) is 4.79 Å². The Kier molecular flexibility index (Phi) is 4.41. The molecule has 1 fully saturated rings. The lowest BCUT2D eigenvalue weighted by molar-refractivity contribution is -0.119. The van der Waals surface area contributed by atoms with Gasteiger partial charge in [-0.05, 0) is 12.8 Å². The molecule has 2 rings (SSSR count). The van der Waals surface area contributed by atoms with Crippen LogP contribution in [0.3, 0.4) is 0 Å². The standard InChI is InChI=1S/C12H9F5O4S/c13-7-8(14)10(16)12(11(17)9(7)15)21-22(19,20)4-3-6(18)5-1-2-5/h5H,1-4H2. The van der Waals surface area contributed by atoms with E-state index >= 15 is 0 Å². The first-order valence-corrected chi connectivity index (χ1v) is 7.68. The van der Waals surface area contributed by atoms with Gasteiger partial charge in [0.15, 0.2) is 0 Å². The van der Waals surface area contributed by atoms with Gasteiger partial charge in [0.05, 0.1) is 5.75 Å². The molecule has 10 heteroatoms. The average Bonchev–Trinajstić information content (AvgIpc) is 3.30. The Bertz CT molecular complexity index is 699. The van der Waals surface area contributed by atoms with Crippen LogP contribution in [-0.4, -0.2) is 20.0 Å². The predicted octanol–water partition coefficient (Wildman–Crippen LogP) is 2.46. The highest BCUT2D eigenvalue weighted by Gasteiger charge is 2.32. The fourth-order valence-electron chi connectivity index (χ4n) is 1.66. The molecule has 0 N–H and O–H groups in total. The first-order valence-electron chi connectivity index (χ1n) is 6.10. The van der Waals surface area contributed by atoms with E-state index in [0.29, 0.717) is 12.8 Å². The van der Waals surface area contributed by atoms with Gasteiger partial charge in [0, 0.05) is 12.3 Å². The molecule has 1 aliphatic rings. The molecule has 1 aromatic rings. The Morgan fingerprint density at radius 2 is 1.41 bits per heavy atom. The van der Waals surface area contributed by atoms with Crippen molar-refractivity contribution >= 4 is 15.9 Å². The van der Waals surface area contributed by atoms with Crippen LogP contribution in [0.2, 0.25) is 0 Å². The second-order valence-electron chi connectivity index (χ2n) is 4.73. The zero-order valence-corrected chi connectivity index (χ0v) is 11.7. The van der Waals surface area contributed by atoms with E-state index in [2.05, 4.69) is 4.18 Å². The van der Waals surface area contributed by atoms with Crippen molar-refractivity contribution in [3.05, 3.63) is 29.1 Å². The fraction of sp³-hybridized carbons (Fsp3) is 0.417. The third-order valence-corrected chi connectivity index (χ3v) is 4.14. The molecule has 0 amide bonds. The molecule has 0 spiro atoms. The molecule has 122 valence electrons. The topological polar surface area (TPSA) is 60.4 Å². The van der Waals surface area contributed by atoms with Crippen molar-refractivity contribution in [3.8, 4) is 5.75 Å². The van der Waals surface area contributed by atoms with Crippen LogP contribution < -0.4 is 4.18 Å². The molecule has 1 saturated carbocycles. The zero-order valence-electron chi connectivity index (χ0n) is 10.8. The number of hydrogen-bond acceptors (Lipinski definition) is 4. The Morgan fingerprint density at radius 3 is 1.86 bits per heavy atom. The van der Waals surface area contributed by atoms with Gasteiger partial charge in [-0.2, -0.15) is 17.2 Å². The number of carbonyl (C=O) groups is 1. The lowest BCUT2D eigenvalue weighted by atomic mass is 10.2. The van der Waals surface area contributed by atoms with E-state index in [1.807, 2.05) is 0 Å². The summed E-state index contributed by atoms with van der Waals surface area (Å²) in [5.74, 6) is -15.3. The number of benzene rings is 1. The summed E-state index contributed by atoms with van der Waals surface area (Å²) in [6, 6.07) is 0. The highest BCUT2D eigenvalue weighted by atomic mass is 32.2. The van der Waals surface area contributed by atoms with Gasteiger partial charge in [0.25, 0.3) is 0 Å². The van der Waals surface area contributed by atoms with E-state index in [0.717, 1.165) is 0 Å². The maximum atomic E-state index is 13.3. The SMILES string of the molecule is O=C(CCS(=O)(=O)Oc1c(F)c(F)c(F)c(F)c1F)C1CC1. The minimum Gasteiger partial charge on any atom is -0.376 e. The fourth-order valence-corrected chi connectivity index (χ4v) is 2.60. The van der Waals surface area contributed by atoms with Crippen molar-refractivity contribution in [2.45, 2.75) is 19.3 Å². The molecule has 22 heavy (non-hydrogen) atoms. The third-order valence-electron chi connectivity index (χ3n) is 3.01. The lowest BCUT2D eigenvalue weighted by Gasteiger charge is -2.10. The maximum Gasteiger partial charge on any atom is 0.309 e. The van der Waals surface area contributed by atoms with Gasteiger partial charge in [-0.25, -0.2) is 13.2 Å². The van der Waals surface area contributed by atoms with Crippen molar-refractivity contribution in [1.29, 1.82) is 0 Å². The van der Waals surface area contributed by atoms with Crippen LogP contribution in [-0.2, 0) is 14.9 Å². The Morgan fingerprint density at radius 1 is 0.955 bits per heavy atom. The number of ketones is 1. The number of carbonyl (C=O) groups excluding carboxylic acids is 1. The van der Waals surface area contributed by atoms with Gasteiger partial charge >= 0.3 is 10.1 Å². The zero-order chi connectivity index (χ0) is 16.7. The van der Waals surface area contributed by atoms with E-state index in [-0.39, 0.29) is 11.7 Å². The van der Waals surface area contributed by atoms with Crippen LogP contribution in [0, 0.1) is 35.0 Å². The molecule has 0 radical (unpaired) electrons. The monoisotopic (exact) mass is 344 g/mol. The van der Waals surface area contributed by atoms with Gasteiger partial charge < -0.3 is 4.18 Å². The molecule has 0 aromatic heterocycles. The highest BCUT2D eigenvalue weighted by Crippen LogP contribution is 2.32. The van der Waals surface area contributed by atoms with Crippen molar-refractivity contribution in [2.24, 2.45) is 5.92 Å². The molecule has 1 aromatic carbocycles. The number of hydrogen-bond donors (Lipinski definition) is 0. The Hall–Kier alpha value is -1.71. The summed E-state index contributed by atoms with van der Waals surface area (Å²) in [6.45, 7) is 0. The molecule has 0 atom stereocenters. The minimum absolute atomic E-state index is 0.232. The van der Waals surface area contributed by atoms with Gasteiger partial charge in [0.1, 0.15) is 5.78 Å². The summed E-state index contributed by atoms with van der Waals surface area (Å²) in [5, 5.41) is 0. The second-order valence-corrected chi connectivity index (χ2v) is 6.43. The third kappa shape index (κ3) is 3.37. The van der Waals surface area contributed by atoms with Crippen LogP contribution in [0.1, 0.15) is 19.3 Å². The van der Waals surface area contributed by atoms with Gasteiger partial charge in [0.2, 0.25) is 34.8 Å². The number of halogens is 5. The van der Waals surface area contributed by atoms with E-state index in [4.69, 9.17) is 0 Å². The summed E-state index contributed by atoms with van der Waals surface area (Å²) in [5.41, 5.74) is 0. The highest BCUT2D eigenvalue weighted by molar-refractivity contribution is 7.87.